The van der Waals surface area contributed by atoms with E-state index >= 15 is 0 Å². The standard InChI is InChI=1S/C32H38N6O4.C7H9O4P.Na/c1-5-14-36-20-30(41)37-21-29(40)35(19-28(37)38(36)32(42)33-16-23-10-7-6-8-11-23)17-24-12-9-13-25-26(18-34(4)31(24)25)27(39)15-22(2)3;1-6-2-4-7(5-3-6)11-12(8,9)10;/h5-13,18,22,28H,1,14-17,19-21H2,2-4H3,(H,33,42);2-5H,1H3,(H2,8,9,10);/q;;+1/p-1. The van der Waals surface area contributed by atoms with Crippen LogP contribution in [0, 0.1) is 12.8 Å². The summed E-state index contributed by atoms with van der Waals surface area (Å²) in [5, 5.41) is 7.06. The molecule has 3 heterocycles. The molecule has 55 heavy (non-hydrogen) atoms. The molecule has 0 saturated carbocycles. The van der Waals surface area contributed by atoms with E-state index in [0.717, 1.165) is 27.6 Å². The maximum atomic E-state index is 13.6. The van der Waals surface area contributed by atoms with E-state index in [4.69, 9.17) is 4.89 Å². The third-order valence-electron chi connectivity index (χ3n) is 9.04. The summed E-state index contributed by atoms with van der Waals surface area (Å²) >= 11 is 0. The van der Waals surface area contributed by atoms with Crippen LogP contribution in [0.1, 0.15) is 47.3 Å². The Morgan fingerprint density at radius 2 is 1.73 bits per heavy atom. The molecule has 2 atom stereocenters. The maximum absolute atomic E-state index is 13.6. The van der Waals surface area contributed by atoms with Crippen LogP contribution in [0.25, 0.3) is 10.9 Å². The number of phosphoric ester groups is 1. The molecule has 2 unspecified atom stereocenters. The number of rotatable bonds is 11. The van der Waals surface area contributed by atoms with Gasteiger partial charge in [-0.2, -0.15) is 0 Å². The zero-order chi connectivity index (χ0) is 39.2. The van der Waals surface area contributed by atoms with E-state index in [9.17, 15) is 28.6 Å². The zero-order valence-electron chi connectivity index (χ0n) is 31.9. The Kier molecular flexibility index (Phi) is 15.1. The van der Waals surface area contributed by atoms with E-state index in [0.29, 0.717) is 25.1 Å². The number of fused-ring (bicyclic) bond motifs is 2. The minimum absolute atomic E-state index is 0. The minimum atomic E-state index is -4.65. The number of aromatic nitrogens is 1. The number of amides is 4. The van der Waals surface area contributed by atoms with Crippen molar-refractivity contribution in [1.29, 1.82) is 0 Å². The average Bonchev–Trinajstić information content (AvgIpc) is 3.46. The van der Waals surface area contributed by atoms with Crippen molar-refractivity contribution in [2.24, 2.45) is 13.0 Å². The van der Waals surface area contributed by atoms with Crippen molar-refractivity contribution in [2.45, 2.75) is 46.4 Å². The molecule has 16 heteroatoms. The van der Waals surface area contributed by atoms with Gasteiger partial charge in [-0.05, 0) is 36.1 Å². The van der Waals surface area contributed by atoms with Crippen molar-refractivity contribution in [3.8, 4) is 5.75 Å². The van der Waals surface area contributed by atoms with Gasteiger partial charge >= 0.3 is 43.4 Å². The summed E-state index contributed by atoms with van der Waals surface area (Å²) in [5.41, 5.74) is 4.41. The SMILES string of the molecule is C=CCN1CC(=O)N2CC(=O)N(Cc3cccc4c(C(=O)CC(C)C)cn(C)c34)CC2N1C(=O)NCc1ccccc1.Cc1ccc(OP(=O)([O-])O)cc1.[Na+]. The second kappa shape index (κ2) is 19.1. The molecule has 4 aromatic rings. The Balaban J connectivity index is 0.000000443. The molecule has 4 amide bonds. The van der Waals surface area contributed by atoms with Gasteiger partial charge in [0.15, 0.2) is 5.78 Å². The molecule has 6 rings (SSSR count). The Morgan fingerprint density at radius 1 is 1.04 bits per heavy atom. The molecule has 0 radical (unpaired) electrons. The molecule has 2 aliphatic heterocycles. The van der Waals surface area contributed by atoms with Gasteiger partial charge in [0.2, 0.25) is 11.8 Å². The molecule has 0 aliphatic carbocycles. The molecule has 0 spiro atoms. The van der Waals surface area contributed by atoms with Gasteiger partial charge in [0, 0.05) is 50.2 Å². The minimum Gasteiger partial charge on any atom is -0.746 e. The van der Waals surface area contributed by atoms with E-state index in [2.05, 4.69) is 16.4 Å². The van der Waals surface area contributed by atoms with Crippen molar-refractivity contribution in [2.75, 3.05) is 26.2 Å². The summed E-state index contributed by atoms with van der Waals surface area (Å²) in [6, 6.07) is 21.4. The Bertz CT molecular complexity index is 2050. The third kappa shape index (κ3) is 11.2. The monoisotopic (exact) mass is 780 g/mol. The fraction of sp³-hybridized carbons (Fsp3) is 0.333. The normalized spacial score (nSPS) is 16.8. The average molecular weight is 781 g/mol. The van der Waals surface area contributed by atoms with Crippen molar-refractivity contribution in [1.82, 2.24) is 29.7 Å². The first-order valence-corrected chi connectivity index (χ1v) is 19.1. The van der Waals surface area contributed by atoms with Crippen LogP contribution < -0.4 is 44.3 Å². The number of nitrogens with one attached hydrogen (secondary N) is 1. The molecule has 1 aromatic heterocycles. The predicted molar refractivity (Wildman–Crippen MR) is 202 cm³/mol. The summed E-state index contributed by atoms with van der Waals surface area (Å²) in [6.07, 6.45) is 3.31. The summed E-state index contributed by atoms with van der Waals surface area (Å²) in [5.74, 6) is 0.0548. The Morgan fingerprint density at radius 3 is 2.36 bits per heavy atom. The topological polar surface area (TPSA) is 168 Å². The number of urea groups is 1. The van der Waals surface area contributed by atoms with Gasteiger partial charge in [0.05, 0.1) is 18.6 Å². The van der Waals surface area contributed by atoms with Crippen LogP contribution in [-0.4, -0.2) is 85.3 Å². The number of Topliss-reactive ketones (excluding diaryl/α,β-unsaturated/α-hetero) is 1. The van der Waals surface area contributed by atoms with Gasteiger partial charge in [-0.25, -0.2) is 14.8 Å². The van der Waals surface area contributed by atoms with Gasteiger partial charge in [0.25, 0.3) is 0 Å². The second-order valence-corrected chi connectivity index (χ2v) is 14.9. The first-order valence-electron chi connectivity index (χ1n) is 17.6. The fourth-order valence-electron chi connectivity index (χ4n) is 6.62. The number of carbonyl (C=O) groups is 4. The van der Waals surface area contributed by atoms with Gasteiger partial charge < -0.3 is 34.0 Å². The van der Waals surface area contributed by atoms with Crippen LogP contribution in [0.4, 0.5) is 4.79 Å². The quantitative estimate of drug-likeness (QED) is 0.0990. The molecule has 2 N–H and O–H groups in total. The van der Waals surface area contributed by atoms with Crippen LogP contribution in [0.2, 0.25) is 0 Å². The molecule has 2 saturated heterocycles. The van der Waals surface area contributed by atoms with E-state index in [1.807, 2.05) is 87.1 Å². The maximum Gasteiger partial charge on any atom is 1.00 e. The van der Waals surface area contributed by atoms with Crippen molar-refractivity contribution < 1.29 is 67.6 Å². The predicted octanol–water partition coefficient (Wildman–Crippen LogP) is 1.37. The second-order valence-electron chi connectivity index (χ2n) is 13.8. The molecule has 14 nitrogen and oxygen atoms in total. The van der Waals surface area contributed by atoms with Crippen LogP contribution in [0.15, 0.2) is 91.6 Å². The number of hydrogen-bond acceptors (Lipinski definition) is 8. The van der Waals surface area contributed by atoms with Crippen LogP contribution in [0.5, 0.6) is 5.75 Å². The molecule has 3 aromatic carbocycles. The number of piperazine rings is 1. The molecule has 0 bridgehead atoms. The number of hydrazine groups is 1. The van der Waals surface area contributed by atoms with Crippen LogP contribution in [0.3, 0.4) is 0 Å². The fourth-order valence-corrected chi connectivity index (χ4v) is 7.01. The largest absolute Gasteiger partial charge is 1.00 e. The van der Waals surface area contributed by atoms with Gasteiger partial charge in [-0.1, -0.05) is 86.2 Å². The third-order valence-corrected chi connectivity index (χ3v) is 9.49. The Labute approximate surface area is 343 Å². The van der Waals surface area contributed by atoms with Crippen molar-refractivity contribution in [3.63, 3.8) is 0 Å². The summed E-state index contributed by atoms with van der Waals surface area (Å²) in [4.78, 5) is 74.8. The number of ketones is 1. The molecule has 2 fully saturated rings. The number of phosphoric acid groups is 1. The molecule has 2 aliphatic rings. The first kappa shape index (κ1) is 43.5. The molecular formula is C39H46N6NaO8P. The smallest absolute Gasteiger partial charge is 0.746 e. The first-order chi connectivity index (χ1) is 25.6. The molecular weight excluding hydrogens is 734 g/mol. The number of nitrogens with zero attached hydrogens (tertiary/aromatic N) is 5. The summed E-state index contributed by atoms with van der Waals surface area (Å²) < 4.78 is 16.4. The number of hydrogen-bond donors (Lipinski definition) is 2. The summed E-state index contributed by atoms with van der Waals surface area (Å²) in [7, 11) is -2.75. The number of carbonyl (C=O) groups excluding carboxylic acids is 4. The van der Waals surface area contributed by atoms with Gasteiger partial charge in [-0.3, -0.25) is 18.9 Å². The zero-order valence-corrected chi connectivity index (χ0v) is 34.8. The number of aryl methyl sites for hydroxylation is 2. The Hall–Kier alpha value is -4.27. The molecule has 286 valence electrons. The van der Waals surface area contributed by atoms with Crippen molar-refractivity contribution in [3.05, 3.63) is 114 Å². The number of para-hydroxylation sites is 1. The van der Waals surface area contributed by atoms with E-state index in [1.165, 1.54) is 17.0 Å². The number of benzene rings is 3. The van der Waals surface area contributed by atoms with E-state index in [1.54, 1.807) is 33.1 Å². The van der Waals surface area contributed by atoms with Crippen LogP contribution in [-0.2, 0) is 34.3 Å². The van der Waals surface area contributed by atoms with Crippen molar-refractivity contribution >= 4 is 42.4 Å². The van der Waals surface area contributed by atoms with Crippen LogP contribution >= 0.6 is 7.82 Å². The van der Waals surface area contributed by atoms with E-state index in [-0.39, 0.29) is 91.0 Å². The van der Waals surface area contributed by atoms with Gasteiger partial charge in [0.1, 0.15) is 18.5 Å². The van der Waals surface area contributed by atoms with Gasteiger partial charge in [-0.15, -0.1) is 6.58 Å². The summed E-state index contributed by atoms with van der Waals surface area (Å²) in [6.45, 7) is 10.6. The van der Waals surface area contributed by atoms with E-state index < -0.39 is 14.0 Å².